The molecule has 0 unspecified atom stereocenters. The number of amides is 2. The van der Waals surface area contributed by atoms with Crippen LogP contribution in [0.15, 0.2) is 24.3 Å². The highest BCUT2D eigenvalue weighted by molar-refractivity contribution is 6.30. The molecule has 1 heterocycles. The zero-order chi connectivity index (χ0) is 16.7. The summed E-state index contributed by atoms with van der Waals surface area (Å²) in [5, 5.41) is 3.45. The summed E-state index contributed by atoms with van der Waals surface area (Å²) >= 11 is 5.89. The molecule has 0 aliphatic carbocycles. The standard InChI is InChI=1S/C16H22ClN3O3/c1-2-23-16(22)20-10-8-19(9-11-20)7-6-15(21)18-14-5-3-4-13(17)12-14/h3-5,12H,2,6-11H2,1H3,(H,18,21)/p+1. The minimum atomic E-state index is -0.245. The number of hydrogen-bond donors (Lipinski definition) is 2. The lowest BCUT2D eigenvalue weighted by Gasteiger charge is -2.31. The first-order chi connectivity index (χ1) is 11.1. The summed E-state index contributed by atoms with van der Waals surface area (Å²) in [6, 6.07) is 7.11. The molecule has 6 nitrogen and oxygen atoms in total. The fourth-order valence-corrected chi connectivity index (χ4v) is 2.74. The average Bonchev–Trinajstić information content (AvgIpc) is 2.54. The summed E-state index contributed by atoms with van der Waals surface area (Å²) in [5.74, 6) is -0.0208. The minimum Gasteiger partial charge on any atom is -0.450 e. The molecule has 0 spiro atoms. The average molecular weight is 341 g/mol. The van der Waals surface area contributed by atoms with Gasteiger partial charge in [0.2, 0.25) is 5.91 Å². The first-order valence-corrected chi connectivity index (χ1v) is 8.27. The number of anilines is 1. The van der Waals surface area contributed by atoms with Gasteiger partial charge in [-0.05, 0) is 25.1 Å². The summed E-state index contributed by atoms with van der Waals surface area (Å²) < 4.78 is 4.99. The third-order valence-electron chi connectivity index (χ3n) is 3.81. The zero-order valence-electron chi connectivity index (χ0n) is 13.3. The fraction of sp³-hybridized carbons (Fsp3) is 0.500. The van der Waals surface area contributed by atoms with Gasteiger partial charge in [-0.15, -0.1) is 0 Å². The van der Waals surface area contributed by atoms with Crippen LogP contribution in [0, 0.1) is 0 Å². The number of ether oxygens (including phenoxy) is 1. The van der Waals surface area contributed by atoms with Gasteiger partial charge in [0, 0.05) is 10.7 Å². The Labute approximate surface area is 141 Å². The summed E-state index contributed by atoms with van der Waals surface area (Å²) in [5.41, 5.74) is 0.713. The summed E-state index contributed by atoms with van der Waals surface area (Å²) in [4.78, 5) is 26.6. The van der Waals surface area contributed by atoms with E-state index in [1.807, 2.05) is 6.07 Å². The quantitative estimate of drug-likeness (QED) is 0.841. The highest BCUT2D eigenvalue weighted by Crippen LogP contribution is 2.14. The van der Waals surface area contributed by atoms with Crippen LogP contribution in [0.3, 0.4) is 0 Å². The van der Waals surface area contributed by atoms with Gasteiger partial charge in [-0.2, -0.15) is 0 Å². The molecule has 7 heteroatoms. The third-order valence-corrected chi connectivity index (χ3v) is 4.05. The maximum atomic E-state index is 12.0. The van der Waals surface area contributed by atoms with Crippen molar-refractivity contribution in [3.8, 4) is 0 Å². The minimum absolute atomic E-state index is 0.0208. The van der Waals surface area contributed by atoms with Gasteiger partial charge in [-0.25, -0.2) is 4.79 Å². The van der Waals surface area contributed by atoms with Gasteiger partial charge < -0.3 is 15.0 Å². The summed E-state index contributed by atoms with van der Waals surface area (Å²) in [6.07, 6.45) is 0.201. The van der Waals surface area contributed by atoms with E-state index in [1.54, 1.807) is 30.0 Å². The molecule has 1 fully saturated rings. The molecule has 0 aromatic heterocycles. The topological polar surface area (TPSA) is 63.1 Å². The van der Waals surface area contributed by atoms with Crippen LogP contribution in [0.4, 0.5) is 10.5 Å². The lowest BCUT2D eigenvalue weighted by atomic mass is 10.2. The van der Waals surface area contributed by atoms with Crippen LogP contribution in [-0.2, 0) is 9.53 Å². The zero-order valence-corrected chi connectivity index (χ0v) is 14.1. The Morgan fingerprint density at radius 2 is 2.09 bits per heavy atom. The van der Waals surface area contributed by atoms with E-state index >= 15 is 0 Å². The van der Waals surface area contributed by atoms with E-state index in [2.05, 4.69) is 5.32 Å². The molecular formula is C16H23ClN3O3+. The Hall–Kier alpha value is -1.79. The number of nitrogens with zero attached hydrogens (tertiary/aromatic N) is 1. The monoisotopic (exact) mass is 340 g/mol. The van der Waals surface area contributed by atoms with Crippen molar-refractivity contribution in [2.24, 2.45) is 0 Å². The van der Waals surface area contributed by atoms with Crippen molar-refractivity contribution in [1.29, 1.82) is 0 Å². The first-order valence-electron chi connectivity index (χ1n) is 7.89. The van der Waals surface area contributed by atoms with E-state index in [0.29, 0.717) is 36.8 Å². The second-order valence-corrected chi connectivity index (χ2v) is 5.93. The van der Waals surface area contributed by atoms with Gasteiger partial charge in [0.05, 0.1) is 45.8 Å². The number of hydrogen-bond acceptors (Lipinski definition) is 3. The van der Waals surface area contributed by atoms with Gasteiger partial charge in [0.15, 0.2) is 0 Å². The number of benzene rings is 1. The second kappa shape index (κ2) is 8.74. The molecule has 0 atom stereocenters. The second-order valence-electron chi connectivity index (χ2n) is 5.49. The van der Waals surface area contributed by atoms with Crippen LogP contribution in [0.5, 0.6) is 0 Å². The lowest BCUT2D eigenvalue weighted by Crippen LogP contribution is -3.15. The molecule has 2 rings (SSSR count). The predicted octanol–water partition coefficient (Wildman–Crippen LogP) is 1.03. The number of nitrogens with one attached hydrogen (secondary N) is 2. The highest BCUT2D eigenvalue weighted by Gasteiger charge is 2.24. The molecule has 1 aromatic carbocycles. The third kappa shape index (κ3) is 5.73. The van der Waals surface area contributed by atoms with Crippen molar-refractivity contribution in [2.75, 3.05) is 44.6 Å². The van der Waals surface area contributed by atoms with E-state index in [4.69, 9.17) is 16.3 Å². The number of quaternary nitrogens is 1. The van der Waals surface area contributed by atoms with Gasteiger partial charge in [0.1, 0.15) is 0 Å². The first kappa shape index (κ1) is 17.6. The van der Waals surface area contributed by atoms with Crippen molar-refractivity contribution in [1.82, 2.24) is 4.90 Å². The van der Waals surface area contributed by atoms with Crippen LogP contribution in [0.1, 0.15) is 13.3 Å². The molecule has 1 saturated heterocycles. The van der Waals surface area contributed by atoms with Crippen molar-refractivity contribution in [2.45, 2.75) is 13.3 Å². The summed E-state index contributed by atoms with van der Waals surface area (Å²) in [7, 11) is 0. The molecule has 23 heavy (non-hydrogen) atoms. The van der Waals surface area contributed by atoms with Crippen molar-refractivity contribution in [3.63, 3.8) is 0 Å². The Bertz CT molecular complexity index is 545. The highest BCUT2D eigenvalue weighted by atomic mass is 35.5. The maximum absolute atomic E-state index is 12.0. The summed E-state index contributed by atoms with van der Waals surface area (Å²) in [6.45, 7) is 5.97. The maximum Gasteiger partial charge on any atom is 0.410 e. The molecule has 2 amide bonds. The van der Waals surface area contributed by atoms with Crippen LogP contribution in [0.25, 0.3) is 0 Å². The van der Waals surface area contributed by atoms with Crippen LogP contribution >= 0.6 is 11.6 Å². The van der Waals surface area contributed by atoms with Crippen molar-refractivity contribution < 1.29 is 19.2 Å². The number of rotatable bonds is 5. The van der Waals surface area contributed by atoms with E-state index in [-0.39, 0.29) is 12.0 Å². The number of carbonyl (C=O) groups is 2. The number of piperazine rings is 1. The lowest BCUT2D eigenvalue weighted by molar-refractivity contribution is -0.903. The SMILES string of the molecule is CCOC(=O)N1CC[NH+](CCC(=O)Nc2cccc(Cl)c2)CC1. The van der Waals surface area contributed by atoms with Crippen molar-refractivity contribution in [3.05, 3.63) is 29.3 Å². The largest absolute Gasteiger partial charge is 0.450 e. The van der Waals surface area contributed by atoms with Gasteiger partial charge in [0.25, 0.3) is 0 Å². The molecule has 0 bridgehead atoms. The Kier molecular flexibility index (Phi) is 6.67. The molecule has 1 aliphatic rings. The molecular weight excluding hydrogens is 318 g/mol. The molecule has 1 aromatic rings. The van der Waals surface area contributed by atoms with Crippen LogP contribution in [0.2, 0.25) is 5.02 Å². The Morgan fingerprint density at radius 1 is 1.35 bits per heavy atom. The Morgan fingerprint density at radius 3 is 2.74 bits per heavy atom. The molecule has 0 saturated carbocycles. The smallest absolute Gasteiger partial charge is 0.410 e. The molecule has 126 valence electrons. The van der Waals surface area contributed by atoms with Gasteiger partial charge in [-0.3, -0.25) is 9.69 Å². The van der Waals surface area contributed by atoms with Crippen molar-refractivity contribution >= 4 is 29.3 Å². The van der Waals surface area contributed by atoms with E-state index < -0.39 is 0 Å². The predicted molar refractivity (Wildman–Crippen MR) is 88.9 cm³/mol. The van der Waals surface area contributed by atoms with E-state index in [0.717, 1.165) is 19.6 Å². The van der Waals surface area contributed by atoms with E-state index in [9.17, 15) is 9.59 Å². The van der Waals surface area contributed by atoms with Gasteiger partial charge >= 0.3 is 6.09 Å². The molecule has 2 N–H and O–H groups in total. The van der Waals surface area contributed by atoms with Gasteiger partial charge in [-0.1, -0.05) is 17.7 Å². The number of carbonyl (C=O) groups excluding carboxylic acids is 2. The van der Waals surface area contributed by atoms with Crippen LogP contribution in [-0.4, -0.2) is 56.2 Å². The fourth-order valence-electron chi connectivity index (χ4n) is 2.55. The van der Waals surface area contributed by atoms with Crippen LogP contribution < -0.4 is 10.2 Å². The Balaban J connectivity index is 1.69. The molecule has 1 aliphatic heterocycles. The number of halogens is 1. The normalized spacial score (nSPS) is 15.3. The van der Waals surface area contributed by atoms with E-state index in [1.165, 1.54) is 4.90 Å². The molecule has 0 radical (unpaired) electrons.